The highest BCUT2D eigenvalue weighted by Gasteiger charge is 2.13. The number of fused-ring (bicyclic) bond motifs is 1. The number of benzene rings is 1. The van der Waals surface area contributed by atoms with Crippen molar-refractivity contribution in [3.8, 4) is 16.9 Å². The average molecular weight is 270 g/mol. The highest BCUT2D eigenvalue weighted by Crippen LogP contribution is 2.33. The molecule has 0 bridgehead atoms. The van der Waals surface area contributed by atoms with Gasteiger partial charge in [0.15, 0.2) is 0 Å². The van der Waals surface area contributed by atoms with Gasteiger partial charge in [-0.1, -0.05) is 26.0 Å². The molecule has 20 heavy (non-hydrogen) atoms. The van der Waals surface area contributed by atoms with Gasteiger partial charge in [-0.3, -0.25) is 0 Å². The van der Waals surface area contributed by atoms with E-state index in [4.69, 9.17) is 5.73 Å². The molecule has 0 atom stereocenters. The minimum absolute atomic E-state index is 0.222. The molecule has 0 fully saturated rings. The van der Waals surface area contributed by atoms with Crippen LogP contribution in [0.15, 0.2) is 36.8 Å². The van der Waals surface area contributed by atoms with Gasteiger partial charge in [0.05, 0.1) is 5.39 Å². The van der Waals surface area contributed by atoms with Crippen molar-refractivity contribution < 1.29 is 5.11 Å². The summed E-state index contributed by atoms with van der Waals surface area (Å²) in [6.45, 7) is 4.00. The van der Waals surface area contributed by atoms with Crippen molar-refractivity contribution >= 4 is 16.9 Å². The Morgan fingerprint density at radius 3 is 2.65 bits per heavy atom. The van der Waals surface area contributed by atoms with Gasteiger partial charge in [-0.25, -0.2) is 9.97 Å². The van der Waals surface area contributed by atoms with E-state index in [-0.39, 0.29) is 5.75 Å². The summed E-state index contributed by atoms with van der Waals surface area (Å²) in [7, 11) is 1.90. The number of nitrogens with zero attached hydrogens (tertiary/aromatic N) is 3. The maximum atomic E-state index is 9.55. The number of hydrogen-bond acceptors (Lipinski definition) is 4. The topological polar surface area (TPSA) is 77.0 Å². The van der Waals surface area contributed by atoms with Crippen LogP contribution in [0.2, 0.25) is 0 Å². The number of rotatable bonds is 1. The first kappa shape index (κ1) is 13.9. The van der Waals surface area contributed by atoms with Crippen LogP contribution in [0.3, 0.4) is 0 Å². The summed E-state index contributed by atoms with van der Waals surface area (Å²) in [6.07, 6.45) is 3.38. The van der Waals surface area contributed by atoms with Gasteiger partial charge in [-0.2, -0.15) is 0 Å². The van der Waals surface area contributed by atoms with E-state index in [0.717, 1.165) is 22.2 Å². The molecule has 2 heterocycles. The summed E-state index contributed by atoms with van der Waals surface area (Å²) < 4.78 is 1.90. The largest absolute Gasteiger partial charge is 0.508 e. The van der Waals surface area contributed by atoms with Crippen molar-refractivity contribution in [1.29, 1.82) is 0 Å². The molecule has 0 saturated carbocycles. The third-order valence-corrected chi connectivity index (χ3v) is 2.94. The first-order chi connectivity index (χ1) is 9.66. The van der Waals surface area contributed by atoms with Crippen LogP contribution in [0, 0.1) is 0 Å². The molecule has 0 aliphatic carbocycles. The summed E-state index contributed by atoms with van der Waals surface area (Å²) in [4.78, 5) is 8.24. The van der Waals surface area contributed by atoms with E-state index >= 15 is 0 Å². The molecule has 3 N–H and O–H groups in total. The lowest BCUT2D eigenvalue weighted by Gasteiger charge is -2.01. The molecule has 3 rings (SSSR count). The molecule has 3 aromatic rings. The number of nitrogen functional groups attached to an aromatic ring is 1. The Morgan fingerprint density at radius 1 is 1.20 bits per heavy atom. The van der Waals surface area contributed by atoms with E-state index in [0.29, 0.717) is 5.82 Å². The first-order valence-electron chi connectivity index (χ1n) is 6.51. The minimum Gasteiger partial charge on any atom is -0.508 e. The summed E-state index contributed by atoms with van der Waals surface area (Å²) in [5.41, 5.74) is 8.51. The lowest BCUT2D eigenvalue weighted by atomic mass is 10.1. The Labute approximate surface area is 117 Å². The third kappa shape index (κ3) is 2.30. The van der Waals surface area contributed by atoms with Crippen LogP contribution in [0.25, 0.3) is 22.2 Å². The molecule has 0 aliphatic heterocycles. The van der Waals surface area contributed by atoms with Crippen LogP contribution in [0.5, 0.6) is 5.75 Å². The number of aromatic hydroxyl groups is 1. The predicted molar refractivity (Wildman–Crippen MR) is 81.4 cm³/mol. The number of aromatic nitrogens is 3. The molecule has 1 aromatic carbocycles. The van der Waals surface area contributed by atoms with Gasteiger partial charge >= 0.3 is 0 Å². The molecule has 0 saturated heterocycles. The second kappa shape index (κ2) is 5.61. The smallest absolute Gasteiger partial charge is 0.145 e. The Balaban J connectivity index is 0.000000704. The van der Waals surface area contributed by atoms with Gasteiger partial charge in [-0.15, -0.1) is 0 Å². The number of phenolic OH excluding ortho intramolecular Hbond substituents is 1. The third-order valence-electron chi connectivity index (χ3n) is 2.94. The van der Waals surface area contributed by atoms with E-state index < -0.39 is 0 Å². The summed E-state index contributed by atoms with van der Waals surface area (Å²) >= 11 is 0. The highest BCUT2D eigenvalue weighted by atomic mass is 16.3. The van der Waals surface area contributed by atoms with E-state index in [9.17, 15) is 5.11 Å². The fourth-order valence-corrected chi connectivity index (χ4v) is 2.13. The van der Waals surface area contributed by atoms with E-state index in [1.54, 1.807) is 18.2 Å². The Bertz CT molecular complexity index is 734. The molecule has 0 aliphatic rings. The number of hydrogen-bond donors (Lipinski definition) is 2. The zero-order valence-corrected chi connectivity index (χ0v) is 11.8. The van der Waals surface area contributed by atoms with Crippen molar-refractivity contribution in [2.45, 2.75) is 13.8 Å². The number of phenols is 1. The molecule has 104 valence electrons. The average Bonchev–Trinajstić information content (AvgIpc) is 2.80. The van der Waals surface area contributed by atoms with Crippen LogP contribution in [-0.4, -0.2) is 19.6 Å². The second-order valence-electron chi connectivity index (χ2n) is 4.16. The zero-order valence-electron chi connectivity index (χ0n) is 11.8. The van der Waals surface area contributed by atoms with Crippen LogP contribution in [0.4, 0.5) is 5.82 Å². The minimum atomic E-state index is 0.222. The number of nitrogens with two attached hydrogens (primary N) is 1. The number of anilines is 1. The molecule has 0 radical (unpaired) electrons. The van der Waals surface area contributed by atoms with Gasteiger partial charge in [-0.05, 0) is 17.7 Å². The molecule has 5 nitrogen and oxygen atoms in total. The fourth-order valence-electron chi connectivity index (χ4n) is 2.13. The van der Waals surface area contributed by atoms with Gasteiger partial charge in [0.25, 0.3) is 0 Å². The first-order valence-corrected chi connectivity index (χ1v) is 6.51. The van der Waals surface area contributed by atoms with Crippen molar-refractivity contribution in [1.82, 2.24) is 14.5 Å². The van der Waals surface area contributed by atoms with Crippen molar-refractivity contribution in [3.05, 3.63) is 36.8 Å². The SMILES string of the molecule is CC.Cn1cc(-c2cccc(O)c2)c2c(N)ncnc21. The van der Waals surface area contributed by atoms with Crippen molar-refractivity contribution in [2.75, 3.05) is 5.73 Å². The van der Waals surface area contributed by atoms with Gasteiger partial charge < -0.3 is 15.4 Å². The molecular weight excluding hydrogens is 252 g/mol. The van der Waals surface area contributed by atoms with E-state index in [1.807, 2.05) is 37.7 Å². The second-order valence-corrected chi connectivity index (χ2v) is 4.16. The lowest BCUT2D eigenvalue weighted by molar-refractivity contribution is 0.475. The van der Waals surface area contributed by atoms with Crippen molar-refractivity contribution in [2.24, 2.45) is 7.05 Å². The van der Waals surface area contributed by atoms with Crippen LogP contribution in [-0.2, 0) is 7.05 Å². The molecule has 0 amide bonds. The lowest BCUT2D eigenvalue weighted by Crippen LogP contribution is -1.94. The standard InChI is InChI=1S/C13H12N4O.C2H6/c1-17-6-10(8-3-2-4-9(18)5-8)11-12(14)15-7-16-13(11)17;1-2/h2-7,18H,1H3,(H2,14,15,16);1-2H3. The summed E-state index contributed by atoms with van der Waals surface area (Å²) in [6, 6.07) is 7.04. The van der Waals surface area contributed by atoms with Crippen LogP contribution >= 0.6 is 0 Å². The van der Waals surface area contributed by atoms with Crippen LogP contribution in [0.1, 0.15) is 13.8 Å². The molecular formula is C15H18N4O. The molecule has 5 heteroatoms. The monoisotopic (exact) mass is 270 g/mol. The number of aryl methyl sites for hydroxylation is 1. The summed E-state index contributed by atoms with van der Waals surface area (Å²) in [5, 5.41) is 10.4. The highest BCUT2D eigenvalue weighted by molar-refractivity contribution is 6.00. The fraction of sp³-hybridized carbons (Fsp3) is 0.200. The quantitative estimate of drug-likeness (QED) is 0.712. The predicted octanol–water partition coefficient (Wildman–Crippen LogP) is 2.95. The normalized spacial score (nSPS) is 10.2. The zero-order chi connectivity index (χ0) is 14.7. The molecule has 0 spiro atoms. The maximum absolute atomic E-state index is 9.55. The van der Waals surface area contributed by atoms with Gasteiger partial charge in [0.1, 0.15) is 23.5 Å². The Morgan fingerprint density at radius 2 is 1.95 bits per heavy atom. The Hall–Kier alpha value is -2.56. The van der Waals surface area contributed by atoms with Gasteiger partial charge in [0, 0.05) is 18.8 Å². The summed E-state index contributed by atoms with van der Waals surface area (Å²) in [5.74, 6) is 0.666. The van der Waals surface area contributed by atoms with E-state index in [2.05, 4.69) is 9.97 Å². The van der Waals surface area contributed by atoms with Crippen molar-refractivity contribution in [3.63, 3.8) is 0 Å². The molecule has 2 aromatic heterocycles. The Kier molecular flexibility index (Phi) is 3.89. The van der Waals surface area contributed by atoms with Gasteiger partial charge in [0.2, 0.25) is 0 Å². The molecule has 0 unspecified atom stereocenters. The van der Waals surface area contributed by atoms with Crippen LogP contribution < -0.4 is 5.73 Å². The van der Waals surface area contributed by atoms with E-state index in [1.165, 1.54) is 6.33 Å². The maximum Gasteiger partial charge on any atom is 0.145 e.